The molecule has 3 aromatic rings. The number of thioether (sulfide) groups is 2. The largest absolute Gasteiger partial charge is 0.483 e. The van der Waals surface area contributed by atoms with Gasteiger partial charge in [0.1, 0.15) is 10.8 Å². The Hall–Kier alpha value is -1.70. The normalized spacial score (nSPS) is 14.6. The van der Waals surface area contributed by atoms with Gasteiger partial charge in [-0.3, -0.25) is 4.79 Å². The smallest absolute Gasteiger partial charge is 0.260 e. The molecule has 27 heavy (non-hydrogen) atoms. The quantitative estimate of drug-likeness (QED) is 0.577. The molecular weight excluding hydrogens is 396 g/mol. The topological polar surface area (TPSA) is 42.4 Å². The Kier molecular flexibility index (Phi) is 5.90. The van der Waals surface area contributed by atoms with Gasteiger partial charge in [-0.15, -0.1) is 34.9 Å². The molecule has 0 atom stereocenters. The van der Waals surface area contributed by atoms with E-state index in [2.05, 4.69) is 17.1 Å². The standard InChI is InChI=1S/C20H20N2O2S3/c1-22(12-18-21-15-7-3-5-9-17(15)27-18)19(23)13-24-16-8-4-2-6-14(16)20-25-10-11-26-20/h2-9,20H,10-13H2,1H3. The van der Waals surface area contributed by atoms with Crippen LogP contribution < -0.4 is 4.74 Å². The summed E-state index contributed by atoms with van der Waals surface area (Å²) in [5.41, 5.74) is 2.15. The highest BCUT2D eigenvalue weighted by Gasteiger charge is 2.22. The van der Waals surface area contributed by atoms with E-state index >= 15 is 0 Å². The van der Waals surface area contributed by atoms with Gasteiger partial charge in [0.25, 0.3) is 5.91 Å². The van der Waals surface area contributed by atoms with Gasteiger partial charge >= 0.3 is 0 Å². The van der Waals surface area contributed by atoms with E-state index in [1.54, 1.807) is 23.3 Å². The fourth-order valence-corrected chi connectivity index (χ4v) is 6.80. The molecule has 7 heteroatoms. The number of fused-ring (bicyclic) bond motifs is 1. The molecule has 1 fully saturated rings. The van der Waals surface area contributed by atoms with Crippen molar-refractivity contribution in [3.05, 3.63) is 59.1 Å². The van der Waals surface area contributed by atoms with E-state index in [0.29, 0.717) is 11.1 Å². The lowest BCUT2D eigenvalue weighted by molar-refractivity contribution is -0.132. The molecule has 1 saturated heterocycles. The number of aromatic nitrogens is 1. The number of hydrogen-bond acceptors (Lipinski definition) is 6. The first-order chi connectivity index (χ1) is 13.2. The van der Waals surface area contributed by atoms with Gasteiger partial charge in [0.15, 0.2) is 6.61 Å². The van der Waals surface area contributed by atoms with E-state index in [0.717, 1.165) is 32.5 Å². The van der Waals surface area contributed by atoms with Crippen LogP contribution >= 0.6 is 34.9 Å². The van der Waals surface area contributed by atoms with Crippen molar-refractivity contribution in [2.24, 2.45) is 0 Å². The second-order valence-electron chi connectivity index (χ2n) is 6.23. The van der Waals surface area contributed by atoms with Crippen LogP contribution in [0.1, 0.15) is 15.2 Å². The molecule has 0 unspecified atom stereocenters. The first-order valence-corrected chi connectivity index (χ1v) is 11.7. The maximum absolute atomic E-state index is 12.5. The molecule has 140 valence electrons. The molecule has 1 amide bonds. The molecule has 4 rings (SSSR count). The van der Waals surface area contributed by atoms with Gasteiger partial charge in [0.05, 0.1) is 21.3 Å². The average molecular weight is 417 g/mol. The minimum atomic E-state index is -0.0456. The molecule has 1 aliphatic heterocycles. The lowest BCUT2D eigenvalue weighted by atomic mass is 10.2. The number of amides is 1. The van der Waals surface area contributed by atoms with Crippen LogP contribution in [0.15, 0.2) is 48.5 Å². The first-order valence-electron chi connectivity index (χ1n) is 8.74. The molecule has 1 aromatic heterocycles. The predicted octanol–water partition coefficient (Wildman–Crippen LogP) is 4.81. The highest BCUT2D eigenvalue weighted by atomic mass is 32.2. The number of thiazole rings is 1. The van der Waals surface area contributed by atoms with Crippen molar-refractivity contribution in [3.8, 4) is 5.75 Å². The third-order valence-electron chi connectivity index (χ3n) is 4.28. The molecule has 0 spiro atoms. The van der Waals surface area contributed by atoms with E-state index in [1.807, 2.05) is 59.9 Å². The minimum Gasteiger partial charge on any atom is -0.483 e. The van der Waals surface area contributed by atoms with Crippen molar-refractivity contribution in [3.63, 3.8) is 0 Å². The first kappa shape index (κ1) is 18.7. The summed E-state index contributed by atoms with van der Waals surface area (Å²) < 4.78 is 7.44. The number of rotatable bonds is 6. The fraction of sp³-hybridized carbons (Fsp3) is 0.300. The van der Waals surface area contributed by atoms with Crippen molar-refractivity contribution in [1.82, 2.24) is 9.88 Å². The molecule has 0 bridgehead atoms. The SMILES string of the molecule is CN(Cc1nc2ccccc2s1)C(=O)COc1ccccc1C1SCCS1. The zero-order valence-electron chi connectivity index (χ0n) is 15.0. The number of benzene rings is 2. The molecular formula is C20H20N2O2S3. The summed E-state index contributed by atoms with van der Waals surface area (Å²) in [4.78, 5) is 18.8. The summed E-state index contributed by atoms with van der Waals surface area (Å²) in [5.74, 6) is 3.09. The van der Waals surface area contributed by atoms with E-state index in [9.17, 15) is 4.79 Å². The Morgan fingerprint density at radius 3 is 2.70 bits per heavy atom. The third kappa shape index (κ3) is 4.42. The van der Waals surface area contributed by atoms with Crippen molar-refractivity contribution in [2.75, 3.05) is 25.2 Å². The summed E-state index contributed by atoms with van der Waals surface area (Å²) in [6, 6.07) is 16.1. The summed E-state index contributed by atoms with van der Waals surface area (Å²) in [7, 11) is 1.80. The molecule has 2 heterocycles. The second-order valence-corrected chi connectivity index (χ2v) is 10.1. The lowest BCUT2D eigenvalue weighted by Gasteiger charge is -2.18. The van der Waals surface area contributed by atoms with Gasteiger partial charge in [0, 0.05) is 24.1 Å². The summed E-state index contributed by atoms with van der Waals surface area (Å²) in [5, 5.41) is 0.936. The van der Waals surface area contributed by atoms with E-state index in [4.69, 9.17) is 4.74 Å². The van der Waals surface area contributed by atoms with Crippen LogP contribution in [0.2, 0.25) is 0 Å². The van der Waals surface area contributed by atoms with Gasteiger partial charge < -0.3 is 9.64 Å². The predicted molar refractivity (Wildman–Crippen MR) is 116 cm³/mol. The summed E-state index contributed by atoms with van der Waals surface area (Å²) in [6.07, 6.45) is 0. The lowest BCUT2D eigenvalue weighted by Crippen LogP contribution is -2.31. The van der Waals surface area contributed by atoms with Crippen molar-refractivity contribution < 1.29 is 9.53 Å². The Morgan fingerprint density at radius 1 is 1.15 bits per heavy atom. The Balaban J connectivity index is 1.37. The van der Waals surface area contributed by atoms with Crippen molar-refractivity contribution in [2.45, 2.75) is 11.1 Å². The van der Waals surface area contributed by atoms with Crippen LogP contribution in [0.4, 0.5) is 0 Å². The number of ether oxygens (including phenoxy) is 1. The molecule has 4 nitrogen and oxygen atoms in total. The zero-order chi connectivity index (χ0) is 18.6. The minimum absolute atomic E-state index is 0.0421. The Morgan fingerprint density at radius 2 is 1.89 bits per heavy atom. The maximum atomic E-state index is 12.5. The van der Waals surface area contributed by atoms with Gasteiger partial charge in [0.2, 0.25) is 0 Å². The third-order valence-corrected chi connectivity index (χ3v) is 8.37. The number of nitrogens with zero attached hydrogens (tertiary/aromatic N) is 2. The number of para-hydroxylation sites is 2. The van der Waals surface area contributed by atoms with Gasteiger partial charge in [-0.2, -0.15) is 0 Å². The van der Waals surface area contributed by atoms with Gasteiger partial charge in [-0.05, 0) is 18.2 Å². The highest BCUT2D eigenvalue weighted by Crippen LogP contribution is 2.48. The van der Waals surface area contributed by atoms with Crippen molar-refractivity contribution >= 4 is 51.0 Å². The zero-order valence-corrected chi connectivity index (χ0v) is 17.4. The molecule has 0 N–H and O–H groups in total. The van der Waals surface area contributed by atoms with Crippen molar-refractivity contribution in [1.29, 1.82) is 0 Å². The van der Waals surface area contributed by atoms with Gasteiger partial charge in [-0.25, -0.2) is 4.98 Å². The summed E-state index contributed by atoms with van der Waals surface area (Å²) in [6.45, 7) is 0.540. The Labute approximate surface area is 171 Å². The van der Waals surface area contributed by atoms with Crippen LogP contribution in [0.5, 0.6) is 5.75 Å². The van der Waals surface area contributed by atoms with E-state index in [-0.39, 0.29) is 12.5 Å². The van der Waals surface area contributed by atoms with Crippen LogP contribution in [-0.2, 0) is 11.3 Å². The number of hydrogen-bond donors (Lipinski definition) is 0. The van der Waals surface area contributed by atoms with E-state index < -0.39 is 0 Å². The Bertz CT molecular complexity index is 905. The van der Waals surface area contributed by atoms with Crippen LogP contribution in [0.25, 0.3) is 10.2 Å². The fourth-order valence-electron chi connectivity index (χ4n) is 2.87. The molecule has 0 aliphatic carbocycles. The van der Waals surface area contributed by atoms with Crippen LogP contribution in [0.3, 0.4) is 0 Å². The van der Waals surface area contributed by atoms with E-state index in [1.165, 1.54) is 5.56 Å². The number of likely N-dealkylation sites (N-methyl/N-ethyl adjacent to an activating group) is 1. The maximum Gasteiger partial charge on any atom is 0.260 e. The highest BCUT2D eigenvalue weighted by molar-refractivity contribution is 8.19. The molecule has 2 aromatic carbocycles. The molecule has 1 aliphatic rings. The second kappa shape index (κ2) is 8.54. The van der Waals surface area contributed by atoms with Crippen LogP contribution in [-0.4, -0.2) is 41.0 Å². The monoisotopic (exact) mass is 416 g/mol. The summed E-state index contributed by atoms with van der Waals surface area (Å²) >= 11 is 5.49. The van der Waals surface area contributed by atoms with Crippen LogP contribution in [0, 0.1) is 0 Å². The molecule has 0 saturated carbocycles. The average Bonchev–Trinajstić information content (AvgIpc) is 3.35. The number of carbonyl (C=O) groups excluding carboxylic acids is 1. The van der Waals surface area contributed by atoms with Gasteiger partial charge in [-0.1, -0.05) is 30.3 Å². The number of carbonyl (C=O) groups is 1. The molecule has 0 radical (unpaired) electrons.